The largest absolute Gasteiger partial charge is 0.220 e. The molecule has 0 bridgehead atoms. The third-order valence-corrected chi connectivity index (χ3v) is 4.22. The van der Waals surface area contributed by atoms with E-state index in [0.717, 1.165) is 21.1 Å². The molecule has 1 heterocycles. The van der Waals surface area contributed by atoms with Gasteiger partial charge < -0.3 is 0 Å². The number of hydrogen-bond donors (Lipinski definition) is 0. The summed E-state index contributed by atoms with van der Waals surface area (Å²) >= 11 is 5.07. The Hall–Kier alpha value is -1.59. The molecule has 5 heteroatoms. The number of benzene rings is 2. The maximum atomic E-state index is 4.47. The molecule has 0 aliphatic rings. The first-order chi connectivity index (χ1) is 9.81. The lowest BCUT2D eigenvalue weighted by molar-refractivity contribution is 0.834. The van der Waals surface area contributed by atoms with Gasteiger partial charge in [0.15, 0.2) is 0 Å². The number of aromatic nitrogens is 3. The minimum atomic E-state index is 0.789. The van der Waals surface area contributed by atoms with Crippen LogP contribution < -0.4 is 0 Å². The van der Waals surface area contributed by atoms with Crippen LogP contribution in [-0.4, -0.2) is 14.8 Å². The lowest BCUT2D eigenvalue weighted by Gasteiger charge is -1.99. The Labute approximate surface area is 130 Å². The summed E-state index contributed by atoms with van der Waals surface area (Å²) in [4.78, 5) is 4.33. The average molecular weight is 346 g/mol. The lowest BCUT2D eigenvalue weighted by atomic mass is 10.2. The van der Waals surface area contributed by atoms with Crippen molar-refractivity contribution in [2.75, 3.05) is 0 Å². The maximum Gasteiger partial charge on any atom is 0.209 e. The van der Waals surface area contributed by atoms with Crippen molar-refractivity contribution in [1.29, 1.82) is 0 Å². The van der Waals surface area contributed by atoms with Crippen molar-refractivity contribution in [3.05, 3.63) is 71.0 Å². The standard InChI is InChI=1S/C15H12BrN3S/c16-13-8-6-12(7-9-13)10-20-15-17-11-19(18-15)14-4-2-1-3-5-14/h1-9,11H,10H2. The summed E-state index contributed by atoms with van der Waals surface area (Å²) in [6.07, 6.45) is 1.75. The summed E-state index contributed by atoms with van der Waals surface area (Å²) in [5, 5.41) is 5.26. The highest BCUT2D eigenvalue weighted by molar-refractivity contribution is 9.10. The number of hydrogen-bond acceptors (Lipinski definition) is 3. The van der Waals surface area contributed by atoms with E-state index in [1.54, 1.807) is 22.8 Å². The monoisotopic (exact) mass is 345 g/mol. The van der Waals surface area contributed by atoms with Gasteiger partial charge in [-0.15, -0.1) is 5.10 Å². The van der Waals surface area contributed by atoms with Gasteiger partial charge in [-0.1, -0.05) is 58.0 Å². The van der Waals surface area contributed by atoms with E-state index >= 15 is 0 Å². The summed E-state index contributed by atoms with van der Waals surface area (Å²) in [5.41, 5.74) is 2.28. The molecule has 0 radical (unpaired) electrons. The van der Waals surface area contributed by atoms with E-state index in [-0.39, 0.29) is 0 Å². The van der Waals surface area contributed by atoms with E-state index in [1.165, 1.54) is 5.56 Å². The molecule has 0 N–H and O–H groups in total. The highest BCUT2D eigenvalue weighted by atomic mass is 79.9. The van der Waals surface area contributed by atoms with Crippen LogP contribution in [-0.2, 0) is 5.75 Å². The van der Waals surface area contributed by atoms with Gasteiger partial charge >= 0.3 is 0 Å². The first-order valence-electron chi connectivity index (χ1n) is 6.15. The molecule has 100 valence electrons. The fraction of sp³-hybridized carbons (Fsp3) is 0.0667. The van der Waals surface area contributed by atoms with Gasteiger partial charge in [-0.3, -0.25) is 0 Å². The smallest absolute Gasteiger partial charge is 0.209 e. The molecule has 3 aromatic rings. The molecule has 2 aromatic carbocycles. The molecule has 0 atom stereocenters. The maximum absolute atomic E-state index is 4.47. The quantitative estimate of drug-likeness (QED) is 0.659. The predicted molar refractivity (Wildman–Crippen MR) is 85.1 cm³/mol. The van der Waals surface area contributed by atoms with Crippen molar-refractivity contribution in [2.45, 2.75) is 10.9 Å². The number of thioether (sulfide) groups is 1. The fourth-order valence-corrected chi connectivity index (χ4v) is 2.77. The molecule has 3 nitrogen and oxygen atoms in total. The Morgan fingerprint density at radius 1 is 1.00 bits per heavy atom. The van der Waals surface area contributed by atoms with Crippen LogP contribution in [0, 0.1) is 0 Å². The average Bonchev–Trinajstić information content (AvgIpc) is 2.97. The summed E-state index contributed by atoms with van der Waals surface area (Å²) in [7, 11) is 0. The second kappa shape index (κ2) is 6.24. The Balaban J connectivity index is 1.67. The molecule has 0 aliphatic carbocycles. The van der Waals surface area contributed by atoms with Crippen molar-refractivity contribution in [2.24, 2.45) is 0 Å². The molecule has 3 rings (SSSR count). The van der Waals surface area contributed by atoms with E-state index in [1.807, 2.05) is 42.5 Å². The van der Waals surface area contributed by atoms with E-state index in [0.29, 0.717) is 0 Å². The third-order valence-electron chi connectivity index (χ3n) is 2.77. The number of nitrogens with zero attached hydrogens (tertiary/aromatic N) is 3. The molecule has 20 heavy (non-hydrogen) atoms. The molecule has 0 fully saturated rings. The zero-order chi connectivity index (χ0) is 13.8. The Kier molecular flexibility index (Phi) is 4.18. The van der Waals surface area contributed by atoms with Gasteiger partial charge in [0.05, 0.1) is 5.69 Å². The minimum absolute atomic E-state index is 0.789. The van der Waals surface area contributed by atoms with E-state index in [9.17, 15) is 0 Å². The van der Waals surface area contributed by atoms with Crippen molar-refractivity contribution in [1.82, 2.24) is 14.8 Å². The first kappa shape index (κ1) is 13.4. The zero-order valence-corrected chi connectivity index (χ0v) is 13.0. The second-order valence-corrected chi connectivity index (χ2v) is 6.08. The molecule has 0 amide bonds. The van der Waals surface area contributed by atoms with Gasteiger partial charge in [-0.2, -0.15) is 0 Å². The predicted octanol–water partition coefficient (Wildman–Crippen LogP) is 4.32. The number of para-hydroxylation sites is 1. The van der Waals surface area contributed by atoms with E-state index < -0.39 is 0 Å². The van der Waals surface area contributed by atoms with Crippen molar-refractivity contribution < 1.29 is 0 Å². The highest BCUT2D eigenvalue weighted by Crippen LogP contribution is 2.21. The molecular formula is C15H12BrN3S. The molecule has 0 spiro atoms. The Bertz CT molecular complexity index is 680. The van der Waals surface area contributed by atoms with Crippen LogP contribution in [0.5, 0.6) is 0 Å². The Morgan fingerprint density at radius 2 is 1.75 bits per heavy atom. The van der Waals surface area contributed by atoms with Gasteiger partial charge in [-0.25, -0.2) is 9.67 Å². The van der Waals surface area contributed by atoms with Crippen LogP contribution in [0.15, 0.2) is 70.6 Å². The van der Waals surface area contributed by atoms with Crippen molar-refractivity contribution in [3.63, 3.8) is 0 Å². The molecule has 0 saturated carbocycles. The summed E-state index contributed by atoms with van der Waals surface area (Å²) in [6.45, 7) is 0. The minimum Gasteiger partial charge on any atom is -0.220 e. The highest BCUT2D eigenvalue weighted by Gasteiger charge is 2.03. The summed E-state index contributed by atoms with van der Waals surface area (Å²) < 4.78 is 2.89. The van der Waals surface area contributed by atoms with Gasteiger partial charge in [0, 0.05) is 10.2 Å². The Morgan fingerprint density at radius 3 is 2.50 bits per heavy atom. The third kappa shape index (κ3) is 3.29. The number of rotatable bonds is 4. The number of halogens is 1. The van der Waals surface area contributed by atoms with Crippen LogP contribution in [0.2, 0.25) is 0 Å². The van der Waals surface area contributed by atoms with Crippen LogP contribution in [0.1, 0.15) is 5.56 Å². The van der Waals surface area contributed by atoms with Crippen molar-refractivity contribution in [3.8, 4) is 5.69 Å². The van der Waals surface area contributed by atoms with Crippen molar-refractivity contribution >= 4 is 27.7 Å². The molecular weight excluding hydrogens is 334 g/mol. The summed E-state index contributed by atoms with van der Waals surface area (Å²) in [5.74, 6) is 0.867. The lowest BCUT2D eigenvalue weighted by Crippen LogP contribution is -1.93. The van der Waals surface area contributed by atoms with E-state index in [4.69, 9.17) is 0 Å². The van der Waals surface area contributed by atoms with Gasteiger partial charge in [-0.05, 0) is 29.8 Å². The molecule has 0 aliphatic heterocycles. The topological polar surface area (TPSA) is 30.7 Å². The van der Waals surface area contributed by atoms with E-state index in [2.05, 4.69) is 38.1 Å². The summed E-state index contributed by atoms with van der Waals surface area (Å²) in [6, 6.07) is 18.3. The zero-order valence-electron chi connectivity index (χ0n) is 10.6. The van der Waals surface area contributed by atoms with Crippen LogP contribution >= 0.6 is 27.7 Å². The fourth-order valence-electron chi connectivity index (χ4n) is 1.75. The van der Waals surface area contributed by atoms with Crippen LogP contribution in [0.3, 0.4) is 0 Å². The second-order valence-electron chi connectivity index (χ2n) is 4.22. The van der Waals surface area contributed by atoms with Gasteiger partial charge in [0.1, 0.15) is 6.33 Å². The van der Waals surface area contributed by atoms with Crippen LogP contribution in [0.25, 0.3) is 5.69 Å². The first-order valence-corrected chi connectivity index (χ1v) is 7.93. The molecule has 0 unspecified atom stereocenters. The van der Waals surface area contributed by atoms with Gasteiger partial charge in [0.2, 0.25) is 5.16 Å². The normalized spacial score (nSPS) is 10.7. The molecule has 1 aromatic heterocycles. The molecule has 0 saturated heterocycles. The van der Waals surface area contributed by atoms with Gasteiger partial charge in [0.25, 0.3) is 0 Å². The SMILES string of the molecule is Brc1ccc(CSc2ncn(-c3ccccc3)n2)cc1. The van der Waals surface area contributed by atoms with Crippen LogP contribution in [0.4, 0.5) is 0 Å².